The van der Waals surface area contributed by atoms with Crippen LogP contribution in [0, 0.1) is 5.82 Å². The van der Waals surface area contributed by atoms with Gasteiger partial charge in [-0.15, -0.1) is 6.58 Å². The second-order valence-electron chi connectivity index (χ2n) is 3.14. The van der Waals surface area contributed by atoms with Gasteiger partial charge in [0.05, 0.1) is 0 Å². The molecule has 1 aromatic rings. The van der Waals surface area contributed by atoms with Gasteiger partial charge in [0.1, 0.15) is 5.82 Å². The van der Waals surface area contributed by atoms with Crippen LogP contribution >= 0.6 is 11.6 Å². The SMILES string of the molecule is C=CCC[C@H](N)c1cc(F)ccc1Cl. The Bertz CT molecular complexity index is 325. The molecule has 3 heteroatoms. The van der Waals surface area contributed by atoms with Gasteiger partial charge in [-0.05, 0) is 36.6 Å². The number of benzene rings is 1. The zero-order valence-electron chi connectivity index (χ0n) is 7.84. The molecule has 1 nitrogen and oxygen atoms in total. The molecule has 0 aliphatic rings. The van der Waals surface area contributed by atoms with E-state index in [1.165, 1.54) is 18.2 Å². The molecule has 0 fully saturated rings. The van der Waals surface area contributed by atoms with E-state index in [-0.39, 0.29) is 11.9 Å². The highest BCUT2D eigenvalue weighted by molar-refractivity contribution is 6.31. The average molecular weight is 214 g/mol. The third-order valence-corrected chi connectivity index (χ3v) is 2.38. The first-order chi connectivity index (χ1) is 6.65. The summed E-state index contributed by atoms with van der Waals surface area (Å²) >= 11 is 5.90. The van der Waals surface area contributed by atoms with E-state index < -0.39 is 0 Å². The van der Waals surface area contributed by atoms with Crippen LogP contribution in [0.2, 0.25) is 5.02 Å². The third-order valence-electron chi connectivity index (χ3n) is 2.04. The van der Waals surface area contributed by atoms with Gasteiger partial charge in [-0.1, -0.05) is 17.7 Å². The highest BCUT2D eigenvalue weighted by atomic mass is 35.5. The zero-order valence-corrected chi connectivity index (χ0v) is 8.60. The lowest BCUT2D eigenvalue weighted by atomic mass is 10.0. The molecule has 0 saturated carbocycles. The molecule has 0 aliphatic carbocycles. The van der Waals surface area contributed by atoms with Gasteiger partial charge >= 0.3 is 0 Å². The van der Waals surface area contributed by atoms with Crippen molar-refractivity contribution in [3.8, 4) is 0 Å². The lowest BCUT2D eigenvalue weighted by molar-refractivity contribution is 0.611. The summed E-state index contributed by atoms with van der Waals surface area (Å²) in [6.45, 7) is 3.60. The zero-order chi connectivity index (χ0) is 10.6. The minimum Gasteiger partial charge on any atom is -0.324 e. The van der Waals surface area contributed by atoms with Crippen molar-refractivity contribution in [2.45, 2.75) is 18.9 Å². The maximum absolute atomic E-state index is 12.9. The fourth-order valence-corrected chi connectivity index (χ4v) is 1.51. The molecule has 0 amide bonds. The molecule has 0 spiro atoms. The van der Waals surface area contributed by atoms with Crippen LogP contribution in [0.15, 0.2) is 30.9 Å². The molecule has 0 aromatic heterocycles. The van der Waals surface area contributed by atoms with Crippen LogP contribution in [-0.4, -0.2) is 0 Å². The molecule has 0 aliphatic heterocycles. The van der Waals surface area contributed by atoms with Crippen molar-refractivity contribution in [1.82, 2.24) is 0 Å². The maximum Gasteiger partial charge on any atom is 0.123 e. The summed E-state index contributed by atoms with van der Waals surface area (Å²) in [6.07, 6.45) is 3.31. The summed E-state index contributed by atoms with van der Waals surface area (Å²) in [5.74, 6) is -0.307. The minimum atomic E-state index is -0.307. The third kappa shape index (κ3) is 2.82. The van der Waals surface area contributed by atoms with Gasteiger partial charge in [0.25, 0.3) is 0 Å². The molecule has 0 bridgehead atoms. The van der Waals surface area contributed by atoms with Crippen molar-refractivity contribution in [3.63, 3.8) is 0 Å². The van der Waals surface area contributed by atoms with Crippen molar-refractivity contribution in [1.29, 1.82) is 0 Å². The smallest absolute Gasteiger partial charge is 0.123 e. The van der Waals surface area contributed by atoms with Gasteiger partial charge in [-0.25, -0.2) is 4.39 Å². The number of hydrogen-bond acceptors (Lipinski definition) is 1. The summed E-state index contributed by atoms with van der Waals surface area (Å²) in [6, 6.07) is 4.01. The Labute approximate surface area is 88.4 Å². The highest BCUT2D eigenvalue weighted by Gasteiger charge is 2.10. The summed E-state index contributed by atoms with van der Waals surface area (Å²) in [4.78, 5) is 0. The van der Waals surface area contributed by atoms with Crippen LogP contribution in [0.5, 0.6) is 0 Å². The molecule has 14 heavy (non-hydrogen) atoms. The summed E-state index contributed by atoms with van der Waals surface area (Å²) in [7, 11) is 0. The second kappa shape index (κ2) is 5.13. The monoisotopic (exact) mass is 213 g/mol. The minimum absolute atomic E-state index is 0.226. The van der Waals surface area contributed by atoms with E-state index in [0.717, 1.165) is 12.8 Å². The van der Waals surface area contributed by atoms with Crippen molar-refractivity contribution in [2.24, 2.45) is 5.73 Å². The molecule has 1 rings (SSSR count). The van der Waals surface area contributed by atoms with E-state index >= 15 is 0 Å². The fraction of sp³-hybridized carbons (Fsp3) is 0.273. The lowest BCUT2D eigenvalue weighted by Gasteiger charge is -2.12. The predicted octanol–water partition coefficient (Wildman–Crippen LogP) is 3.45. The molecule has 76 valence electrons. The first-order valence-electron chi connectivity index (χ1n) is 4.46. The van der Waals surface area contributed by atoms with Crippen molar-refractivity contribution in [3.05, 3.63) is 47.3 Å². The van der Waals surface area contributed by atoms with Crippen LogP contribution in [0.25, 0.3) is 0 Å². The van der Waals surface area contributed by atoms with Crippen molar-refractivity contribution < 1.29 is 4.39 Å². The maximum atomic E-state index is 12.9. The predicted molar refractivity (Wildman–Crippen MR) is 57.8 cm³/mol. The number of allylic oxidation sites excluding steroid dienone is 1. The highest BCUT2D eigenvalue weighted by Crippen LogP contribution is 2.25. The Morgan fingerprint density at radius 3 is 2.93 bits per heavy atom. The van der Waals surface area contributed by atoms with Crippen LogP contribution in [0.3, 0.4) is 0 Å². The van der Waals surface area contributed by atoms with Crippen LogP contribution in [0.1, 0.15) is 24.4 Å². The molecule has 1 atom stereocenters. The van der Waals surface area contributed by atoms with Gasteiger partial charge in [0.15, 0.2) is 0 Å². The van der Waals surface area contributed by atoms with Crippen molar-refractivity contribution in [2.75, 3.05) is 0 Å². The van der Waals surface area contributed by atoms with E-state index in [9.17, 15) is 4.39 Å². The average Bonchev–Trinajstić information content (AvgIpc) is 2.18. The van der Waals surface area contributed by atoms with E-state index in [0.29, 0.717) is 10.6 Å². The molecular formula is C11H13ClFN. The van der Waals surface area contributed by atoms with Crippen molar-refractivity contribution >= 4 is 11.6 Å². The molecular weight excluding hydrogens is 201 g/mol. The van der Waals surface area contributed by atoms with Gasteiger partial charge in [-0.3, -0.25) is 0 Å². The largest absolute Gasteiger partial charge is 0.324 e. The lowest BCUT2D eigenvalue weighted by Crippen LogP contribution is -2.10. The Hall–Kier alpha value is -0.860. The first kappa shape index (κ1) is 11.2. The Balaban J connectivity index is 2.82. The van der Waals surface area contributed by atoms with E-state index in [2.05, 4.69) is 6.58 Å². The van der Waals surface area contributed by atoms with Crippen LogP contribution in [-0.2, 0) is 0 Å². The topological polar surface area (TPSA) is 26.0 Å². The van der Waals surface area contributed by atoms with Gasteiger partial charge in [0, 0.05) is 11.1 Å². The number of nitrogens with two attached hydrogens (primary N) is 1. The Morgan fingerprint density at radius 2 is 2.29 bits per heavy atom. The summed E-state index contributed by atoms with van der Waals surface area (Å²) in [5, 5.41) is 0.517. The van der Waals surface area contributed by atoms with Crippen LogP contribution < -0.4 is 5.73 Å². The fourth-order valence-electron chi connectivity index (χ4n) is 1.25. The van der Waals surface area contributed by atoms with Gasteiger partial charge < -0.3 is 5.73 Å². The molecule has 1 aromatic carbocycles. The van der Waals surface area contributed by atoms with Gasteiger partial charge in [-0.2, -0.15) is 0 Å². The number of halogens is 2. The van der Waals surface area contributed by atoms with E-state index in [4.69, 9.17) is 17.3 Å². The second-order valence-corrected chi connectivity index (χ2v) is 3.55. The molecule has 2 N–H and O–H groups in total. The Morgan fingerprint density at radius 1 is 1.57 bits per heavy atom. The van der Waals surface area contributed by atoms with Gasteiger partial charge in [0.2, 0.25) is 0 Å². The molecule has 0 radical (unpaired) electrons. The molecule has 0 saturated heterocycles. The quantitative estimate of drug-likeness (QED) is 0.762. The summed E-state index contributed by atoms with van der Waals surface area (Å²) in [5.41, 5.74) is 6.51. The first-order valence-corrected chi connectivity index (χ1v) is 4.84. The van der Waals surface area contributed by atoms with E-state index in [1.807, 2.05) is 0 Å². The summed E-state index contributed by atoms with van der Waals surface area (Å²) < 4.78 is 12.9. The molecule has 0 unspecified atom stereocenters. The van der Waals surface area contributed by atoms with Crippen LogP contribution in [0.4, 0.5) is 4.39 Å². The molecule has 0 heterocycles. The number of rotatable bonds is 4. The van der Waals surface area contributed by atoms with E-state index in [1.54, 1.807) is 6.08 Å². The Kier molecular flexibility index (Phi) is 4.11. The normalized spacial score (nSPS) is 12.5. The number of hydrogen-bond donors (Lipinski definition) is 1. The standard InChI is InChI=1S/C11H13ClFN/c1-2-3-4-11(14)9-7-8(13)5-6-10(9)12/h2,5-7,11H,1,3-4,14H2/t11-/m0/s1.